The Kier molecular flexibility index (Phi) is 3.48. The lowest BCUT2D eigenvalue weighted by atomic mass is 10.0. The van der Waals surface area contributed by atoms with Crippen LogP contribution in [0.25, 0.3) is 0 Å². The second kappa shape index (κ2) is 5.25. The van der Waals surface area contributed by atoms with Crippen molar-refractivity contribution in [2.75, 3.05) is 6.54 Å². The molecule has 2 aliphatic rings. The van der Waals surface area contributed by atoms with E-state index < -0.39 is 0 Å². The minimum atomic E-state index is 0.602. The van der Waals surface area contributed by atoms with Crippen molar-refractivity contribution in [3.05, 3.63) is 48.6 Å². The molecule has 96 valence electrons. The van der Waals surface area contributed by atoms with Crippen molar-refractivity contribution in [1.82, 2.24) is 10.2 Å². The van der Waals surface area contributed by atoms with E-state index in [2.05, 4.69) is 53.2 Å². The number of fused-ring (bicyclic) bond motifs is 2. The number of rotatable bonds is 4. The molecule has 0 radical (unpaired) electrons. The molecule has 2 unspecified atom stereocenters. The number of piperazine rings is 1. The maximum Gasteiger partial charge on any atom is 0.0259 e. The quantitative estimate of drug-likeness (QED) is 0.816. The van der Waals surface area contributed by atoms with Gasteiger partial charge in [-0.2, -0.15) is 0 Å². The monoisotopic (exact) mass is 242 g/mol. The first kappa shape index (κ1) is 11.9. The summed E-state index contributed by atoms with van der Waals surface area (Å²) < 4.78 is 0. The van der Waals surface area contributed by atoms with E-state index in [1.807, 2.05) is 0 Å². The molecule has 2 fully saturated rings. The molecule has 2 heteroatoms. The van der Waals surface area contributed by atoms with Crippen LogP contribution in [0.15, 0.2) is 43.0 Å². The van der Waals surface area contributed by atoms with Gasteiger partial charge in [-0.05, 0) is 24.8 Å². The molecule has 2 heterocycles. The predicted molar refractivity (Wildman–Crippen MR) is 75.4 cm³/mol. The van der Waals surface area contributed by atoms with E-state index in [1.54, 1.807) is 0 Å². The minimum absolute atomic E-state index is 0.602. The summed E-state index contributed by atoms with van der Waals surface area (Å²) in [5, 5.41) is 3.68. The topological polar surface area (TPSA) is 15.3 Å². The van der Waals surface area contributed by atoms with Crippen LogP contribution >= 0.6 is 0 Å². The highest BCUT2D eigenvalue weighted by Crippen LogP contribution is 2.32. The van der Waals surface area contributed by atoms with Gasteiger partial charge in [-0.15, -0.1) is 6.58 Å². The Morgan fingerprint density at radius 2 is 2.11 bits per heavy atom. The van der Waals surface area contributed by atoms with Gasteiger partial charge in [-0.1, -0.05) is 36.4 Å². The highest BCUT2D eigenvalue weighted by molar-refractivity contribution is 5.16. The summed E-state index contributed by atoms with van der Waals surface area (Å²) in [5.41, 5.74) is 1.44. The van der Waals surface area contributed by atoms with Gasteiger partial charge in [0.2, 0.25) is 0 Å². The van der Waals surface area contributed by atoms with Gasteiger partial charge in [0, 0.05) is 31.2 Å². The second-order valence-electron chi connectivity index (χ2n) is 5.50. The van der Waals surface area contributed by atoms with Crippen molar-refractivity contribution in [1.29, 1.82) is 0 Å². The maximum absolute atomic E-state index is 3.89. The molecule has 1 aromatic rings. The lowest BCUT2D eigenvalue weighted by Gasteiger charge is -2.40. The molecule has 0 aromatic heterocycles. The van der Waals surface area contributed by atoms with Crippen LogP contribution in [0.2, 0.25) is 0 Å². The van der Waals surface area contributed by atoms with Crippen LogP contribution in [0.3, 0.4) is 0 Å². The van der Waals surface area contributed by atoms with E-state index in [0.717, 1.165) is 25.6 Å². The van der Waals surface area contributed by atoms with Crippen LogP contribution in [0.1, 0.15) is 24.8 Å². The zero-order valence-electron chi connectivity index (χ0n) is 10.9. The van der Waals surface area contributed by atoms with Crippen molar-refractivity contribution in [3.8, 4) is 0 Å². The van der Waals surface area contributed by atoms with Crippen molar-refractivity contribution < 1.29 is 0 Å². The zero-order valence-corrected chi connectivity index (χ0v) is 10.9. The Bertz CT molecular complexity index is 401. The van der Waals surface area contributed by atoms with Crippen LogP contribution < -0.4 is 5.32 Å². The smallest absolute Gasteiger partial charge is 0.0259 e. The fourth-order valence-electron chi connectivity index (χ4n) is 3.50. The molecule has 2 nitrogen and oxygen atoms in total. The van der Waals surface area contributed by atoms with E-state index >= 15 is 0 Å². The lowest BCUT2D eigenvalue weighted by molar-refractivity contribution is 0.109. The third-order valence-corrected chi connectivity index (χ3v) is 4.40. The number of nitrogens with zero attached hydrogens (tertiary/aromatic N) is 1. The molecule has 3 atom stereocenters. The van der Waals surface area contributed by atoms with Gasteiger partial charge in [-0.3, -0.25) is 4.90 Å². The number of benzene rings is 1. The first-order valence-corrected chi connectivity index (χ1v) is 7.02. The summed E-state index contributed by atoms with van der Waals surface area (Å²) >= 11 is 0. The average Bonchev–Trinajstić information content (AvgIpc) is 2.67. The molecule has 0 saturated carbocycles. The molecule has 1 aromatic carbocycles. The van der Waals surface area contributed by atoms with Crippen LogP contribution in [-0.2, 0) is 6.54 Å². The molecule has 18 heavy (non-hydrogen) atoms. The Morgan fingerprint density at radius 1 is 1.28 bits per heavy atom. The number of hydrogen-bond acceptors (Lipinski definition) is 2. The molecule has 2 bridgehead atoms. The number of hydrogen-bond donors (Lipinski definition) is 1. The Morgan fingerprint density at radius 3 is 2.89 bits per heavy atom. The largest absolute Gasteiger partial charge is 0.311 e. The molecule has 1 N–H and O–H groups in total. The molecule has 0 spiro atoms. The van der Waals surface area contributed by atoms with Gasteiger partial charge < -0.3 is 5.32 Å². The molecule has 0 amide bonds. The highest BCUT2D eigenvalue weighted by Gasteiger charge is 2.41. The predicted octanol–water partition coefficient (Wildman–Crippen LogP) is 2.57. The lowest BCUT2D eigenvalue weighted by Crippen LogP contribution is -2.57. The molecule has 2 aliphatic heterocycles. The summed E-state index contributed by atoms with van der Waals surface area (Å²) in [6.45, 7) is 6.13. The Balaban J connectivity index is 1.73. The average molecular weight is 242 g/mol. The number of nitrogens with one attached hydrogen (secondary N) is 1. The fraction of sp³-hybridized carbons (Fsp3) is 0.500. The van der Waals surface area contributed by atoms with Crippen molar-refractivity contribution in [3.63, 3.8) is 0 Å². The van der Waals surface area contributed by atoms with Crippen LogP contribution in [0, 0.1) is 0 Å². The molecular formula is C16H22N2. The van der Waals surface area contributed by atoms with Gasteiger partial charge in [-0.25, -0.2) is 0 Å². The zero-order chi connectivity index (χ0) is 12.4. The second-order valence-corrected chi connectivity index (χ2v) is 5.50. The van der Waals surface area contributed by atoms with Gasteiger partial charge in [0.25, 0.3) is 0 Å². The third-order valence-electron chi connectivity index (χ3n) is 4.40. The summed E-state index contributed by atoms with van der Waals surface area (Å²) in [4.78, 5) is 2.71. The summed E-state index contributed by atoms with van der Waals surface area (Å²) in [6, 6.07) is 12.9. The van der Waals surface area contributed by atoms with E-state index in [9.17, 15) is 0 Å². The fourth-order valence-corrected chi connectivity index (χ4v) is 3.50. The SMILES string of the molecule is C=CCC1NC[C@@H]2CCC1N2Cc1ccccc1. The van der Waals surface area contributed by atoms with Gasteiger partial charge in [0.1, 0.15) is 0 Å². The highest BCUT2D eigenvalue weighted by atomic mass is 15.3. The normalized spacial score (nSPS) is 31.4. The molecule has 3 rings (SSSR count). The van der Waals surface area contributed by atoms with E-state index in [4.69, 9.17) is 0 Å². The standard InChI is InChI=1S/C16H22N2/c1-2-6-15-16-10-9-14(11-17-15)18(16)12-13-7-4-3-5-8-13/h2-5,7-8,14-17H,1,6,9-12H2/t14-,15?,16?/m0/s1. The molecular weight excluding hydrogens is 220 g/mol. The summed E-state index contributed by atoms with van der Waals surface area (Å²) in [5.74, 6) is 0. The van der Waals surface area contributed by atoms with Crippen LogP contribution in [0.5, 0.6) is 0 Å². The van der Waals surface area contributed by atoms with E-state index in [0.29, 0.717) is 12.1 Å². The van der Waals surface area contributed by atoms with Crippen molar-refractivity contribution in [2.45, 2.75) is 43.9 Å². The van der Waals surface area contributed by atoms with Crippen molar-refractivity contribution >= 4 is 0 Å². The van der Waals surface area contributed by atoms with Gasteiger partial charge in [0.15, 0.2) is 0 Å². The van der Waals surface area contributed by atoms with Crippen LogP contribution in [-0.4, -0.2) is 29.6 Å². The Hall–Kier alpha value is -1.12. The summed E-state index contributed by atoms with van der Waals surface area (Å²) in [7, 11) is 0. The van der Waals surface area contributed by atoms with Crippen LogP contribution in [0.4, 0.5) is 0 Å². The van der Waals surface area contributed by atoms with E-state index in [1.165, 1.54) is 18.4 Å². The molecule has 2 saturated heterocycles. The third kappa shape index (κ3) is 2.23. The Labute approximate surface area is 110 Å². The summed E-state index contributed by atoms with van der Waals surface area (Å²) in [6.07, 6.45) is 5.82. The first-order chi connectivity index (χ1) is 8.88. The van der Waals surface area contributed by atoms with E-state index in [-0.39, 0.29) is 0 Å². The van der Waals surface area contributed by atoms with Gasteiger partial charge >= 0.3 is 0 Å². The first-order valence-electron chi connectivity index (χ1n) is 7.02. The van der Waals surface area contributed by atoms with Crippen molar-refractivity contribution in [2.24, 2.45) is 0 Å². The maximum atomic E-state index is 3.89. The minimum Gasteiger partial charge on any atom is -0.311 e. The van der Waals surface area contributed by atoms with Gasteiger partial charge in [0.05, 0.1) is 0 Å². The molecule has 0 aliphatic carbocycles.